The fourth-order valence-corrected chi connectivity index (χ4v) is 46.0. The van der Waals surface area contributed by atoms with Crippen LogP contribution in [0.2, 0.25) is 98.2 Å². The number of carboxylic acid groups (broad SMARTS) is 3. The largest absolute Gasteiger partial charge is 0.483 e. The molecule has 0 amide bonds. The summed E-state index contributed by atoms with van der Waals surface area (Å²) >= 11 is 0. The van der Waals surface area contributed by atoms with Crippen molar-refractivity contribution in [3.05, 3.63) is 0 Å². The maximum absolute atomic E-state index is 12.5. The van der Waals surface area contributed by atoms with E-state index in [9.17, 15) is 32.2 Å². The van der Waals surface area contributed by atoms with E-state index in [-0.39, 0.29) is 12.9 Å². The number of ketones is 1. The minimum atomic E-state index is -2.31. The average molecular weight is 1220 g/mol. The second-order valence-corrected chi connectivity index (χ2v) is 50.3. The number of hydrogen-bond acceptors (Lipinski definition) is 15. The lowest BCUT2D eigenvalue weighted by atomic mass is 10.1. The third-order valence-corrected chi connectivity index (χ3v) is 41.7. The Kier molecular flexibility index (Phi) is 62.4. The number of aliphatic carboxylic acids is 2. The number of Topliss-reactive ketones (excluding diaryl/α,β-unsaturated/α-hetero) is 1. The van der Waals surface area contributed by atoms with Crippen LogP contribution in [-0.2, 0) is 50.1 Å². The number of nitrogens with two attached hydrogens (primary N) is 2. The maximum Gasteiger partial charge on any atom is 0.303 e. The Bertz CT molecular complexity index is 1500. The number of carboxylic acids is 2. The third kappa shape index (κ3) is 68.6. The minimum absolute atomic E-state index is 0.250. The van der Waals surface area contributed by atoms with Crippen LogP contribution in [0, 0.1) is 0 Å². The second kappa shape index (κ2) is 55.4. The number of carbonyl (C=O) groups is 5. The minimum Gasteiger partial charge on any atom is -0.483 e. The first-order chi connectivity index (χ1) is 35.3. The van der Waals surface area contributed by atoms with Crippen LogP contribution < -0.4 is 11.5 Å². The van der Waals surface area contributed by atoms with Gasteiger partial charge in [-0.05, 0) is 188 Å². The molecule has 0 fully saturated rings. The quantitative estimate of drug-likeness (QED) is 0.0216. The zero-order valence-corrected chi connectivity index (χ0v) is 58.7. The van der Waals surface area contributed by atoms with Crippen LogP contribution in [0.1, 0.15) is 137 Å². The molecule has 450 valence electrons. The van der Waals surface area contributed by atoms with E-state index in [0.29, 0.717) is 72.9 Å². The van der Waals surface area contributed by atoms with Crippen LogP contribution in [0.25, 0.3) is 0 Å². The number of nitrogens with zero attached hydrogens (tertiary/aromatic N) is 2. The molecule has 7 N–H and O–H groups in total. The lowest BCUT2D eigenvalue weighted by Gasteiger charge is -2.37. The van der Waals surface area contributed by atoms with E-state index in [1.165, 1.54) is 6.92 Å². The molecule has 0 spiro atoms. The lowest BCUT2D eigenvalue weighted by molar-refractivity contribution is -0.138. The first kappa shape index (κ1) is 85.7. The van der Waals surface area contributed by atoms with Crippen molar-refractivity contribution in [3.8, 4) is 0 Å². The van der Waals surface area contributed by atoms with Crippen LogP contribution in [0.5, 0.6) is 0 Å². The molecule has 0 aromatic rings. The van der Waals surface area contributed by atoms with Crippen molar-refractivity contribution in [1.29, 1.82) is 0 Å². The molecular formula is C50H114N4O14Si8. The van der Waals surface area contributed by atoms with Crippen molar-refractivity contribution in [1.82, 2.24) is 9.80 Å². The van der Waals surface area contributed by atoms with Gasteiger partial charge in [-0.2, -0.15) is 0 Å². The smallest absolute Gasteiger partial charge is 0.303 e. The number of carbonyl (C=O) groups excluding carboxylic acids is 2. The summed E-state index contributed by atoms with van der Waals surface area (Å²) in [4.78, 5) is 53.7. The third-order valence-electron chi connectivity index (χ3n) is 11.0. The molecule has 26 heteroatoms. The Morgan fingerprint density at radius 1 is 0.487 bits per heavy atom. The van der Waals surface area contributed by atoms with Gasteiger partial charge >= 0.3 is 11.9 Å². The molecule has 0 aliphatic carbocycles. The predicted molar refractivity (Wildman–Crippen MR) is 327 cm³/mol. The molecule has 0 saturated heterocycles. The highest BCUT2D eigenvalue weighted by atomic mass is 28.5. The molecule has 0 radical (unpaired) electrons. The van der Waals surface area contributed by atoms with Gasteiger partial charge in [0.15, 0.2) is 33.3 Å². The Labute approximate surface area is 472 Å². The summed E-state index contributed by atoms with van der Waals surface area (Å²) < 4.78 is 62.7. The number of unbranched alkanes of at least 4 members (excludes halogenated alkanes) is 7. The summed E-state index contributed by atoms with van der Waals surface area (Å²) in [6.45, 7) is 25.6. The second-order valence-electron chi connectivity index (χ2n) is 21.7. The topological polar surface area (TPSA) is 291 Å². The van der Waals surface area contributed by atoms with E-state index in [4.69, 9.17) is 44.6 Å². The Morgan fingerprint density at radius 2 is 0.750 bits per heavy atom. The van der Waals surface area contributed by atoms with Gasteiger partial charge in [0.2, 0.25) is 0 Å². The fraction of sp³-hybridized carbons (Fsp3) is 0.900. The number of aldehydes is 1. The van der Waals surface area contributed by atoms with Crippen LogP contribution in [-0.4, -0.2) is 178 Å². The molecule has 0 atom stereocenters. The zero-order valence-electron chi connectivity index (χ0n) is 50.7. The van der Waals surface area contributed by atoms with E-state index in [1.54, 1.807) is 0 Å². The fourth-order valence-electron chi connectivity index (χ4n) is 7.69. The molecule has 0 saturated carbocycles. The summed E-state index contributed by atoms with van der Waals surface area (Å²) in [5.41, 5.74) is 13.6. The average Bonchev–Trinajstić information content (AvgIpc) is 3.30. The molecule has 0 aliphatic rings. The van der Waals surface area contributed by atoms with E-state index < -0.39 is 79.9 Å². The van der Waals surface area contributed by atoms with Gasteiger partial charge in [0.1, 0.15) is 12.1 Å². The Morgan fingerprint density at radius 3 is 1.00 bits per heavy atom. The molecule has 0 rings (SSSR count). The summed E-state index contributed by atoms with van der Waals surface area (Å²) in [5, 5.41) is 23.4. The molecule has 0 aromatic heterocycles. The SMILES string of the molecule is CC=O.CC[Si](=O)C[Si](CCCCC(=O)CCCCCN(C)C)(C[Si](=O)CC)O[Si](C)(C)C.CC[Si](=O)C[Si](CCCN)(C[Si](=O)CC)O[Si](C)(C)C.CN(C)CCCCCC(=O)O.NCCCCCC(=O)O.O=CO. The van der Waals surface area contributed by atoms with Gasteiger partial charge in [0.25, 0.3) is 41.2 Å². The van der Waals surface area contributed by atoms with Gasteiger partial charge in [0, 0.05) is 48.4 Å². The summed E-state index contributed by atoms with van der Waals surface area (Å²) in [5.74, 6) is -1.04. The molecule has 0 aliphatic heterocycles. The Hall–Kier alpha value is -1.55. The van der Waals surface area contributed by atoms with Gasteiger partial charge in [-0.3, -0.25) is 19.2 Å². The molecule has 0 aromatic carbocycles. The molecule has 18 nitrogen and oxygen atoms in total. The number of hydrogen-bond donors (Lipinski definition) is 5. The lowest BCUT2D eigenvalue weighted by Crippen LogP contribution is -2.50. The predicted octanol–water partition coefficient (Wildman–Crippen LogP) is 10.4. The van der Waals surface area contributed by atoms with E-state index >= 15 is 0 Å². The van der Waals surface area contributed by atoms with E-state index in [0.717, 1.165) is 121 Å². The Balaban J connectivity index is -0.000000227. The summed E-state index contributed by atoms with van der Waals surface area (Å²) in [6, 6.07) is 4.68. The molecule has 0 unspecified atom stereocenters. The van der Waals surface area contributed by atoms with Gasteiger partial charge in [0.05, 0.1) is 0 Å². The van der Waals surface area contributed by atoms with Gasteiger partial charge < -0.3 is 67.5 Å². The number of rotatable bonds is 41. The monoisotopic (exact) mass is 1220 g/mol. The first-order valence-electron chi connectivity index (χ1n) is 27.9. The van der Waals surface area contributed by atoms with Crippen LogP contribution in [0.4, 0.5) is 0 Å². The van der Waals surface area contributed by atoms with Crippen molar-refractivity contribution >= 4 is 98.5 Å². The van der Waals surface area contributed by atoms with Crippen LogP contribution in [0.3, 0.4) is 0 Å². The van der Waals surface area contributed by atoms with Crippen molar-refractivity contribution in [2.24, 2.45) is 11.5 Å². The van der Waals surface area contributed by atoms with Gasteiger partial charge in [-0.25, -0.2) is 0 Å². The van der Waals surface area contributed by atoms with Crippen molar-refractivity contribution < 1.29 is 65.4 Å². The van der Waals surface area contributed by atoms with E-state index in [2.05, 4.69) is 63.2 Å². The van der Waals surface area contributed by atoms with Gasteiger partial charge in [-0.15, -0.1) is 0 Å². The van der Waals surface area contributed by atoms with Crippen molar-refractivity contribution in [2.75, 3.05) is 54.4 Å². The van der Waals surface area contributed by atoms with E-state index in [1.807, 2.05) is 41.8 Å². The highest BCUT2D eigenvalue weighted by Crippen LogP contribution is 2.31. The highest BCUT2D eigenvalue weighted by molar-refractivity contribution is 6.95. The summed E-state index contributed by atoms with van der Waals surface area (Å²) in [6.07, 6.45) is 14.2. The summed E-state index contributed by atoms with van der Waals surface area (Å²) in [7, 11) is -6.35. The molecular weight excluding hydrogens is 1110 g/mol. The standard InChI is InChI=1S/C21H47NO4Si4.C12H31NO3Si4.C8H17NO2.C6H13NO2.C2H4O.CH2O2/c1-8-27(24)19-30(20-28(25)9-2,26-29(5,6)7)18-14-12-16-21(23)15-11-10-13-17-22(3)4;1-6-17(14)11-20(10-8-9-13,12-18(15)7-2)16-19(3,4)5;1-9(2)7-5-3-4-6-8(10)11;7-5-3-1-2-4-6(8)9;1-2-3;2-1-3/h8-20H2,1-7H3;6-13H2,1-5H3;3-7H2,1-2H3,(H,10,11);1-5,7H2,(H,8,9);2H,1H3;1H,(H,2,3). The maximum atomic E-state index is 12.5. The highest BCUT2D eigenvalue weighted by Gasteiger charge is 2.43. The van der Waals surface area contributed by atoms with Crippen molar-refractivity contribution in [2.45, 2.75) is 236 Å². The normalized spacial score (nSPS) is 11.1. The van der Waals surface area contributed by atoms with Crippen LogP contribution in [0.15, 0.2) is 0 Å². The molecule has 0 bridgehead atoms. The van der Waals surface area contributed by atoms with Crippen LogP contribution >= 0.6 is 0 Å². The first-order valence-corrected chi connectivity index (χ1v) is 47.1. The zero-order chi connectivity index (χ0) is 60.2. The molecule has 0 heterocycles. The van der Waals surface area contributed by atoms with Crippen molar-refractivity contribution in [3.63, 3.8) is 0 Å². The molecule has 76 heavy (non-hydrogen) atoms. The van der Waals surface area contributed by atoms with Gasteiger partial charge in [-0.1, -0.05) is 53.4 Å².